The van der Waals surface area contributed by atoms with Crippen molar-refractivity contribution in [2.24, 2.45) is 4.99 Å². The molecule has 0 aliphatic carbocycles. The number of carbonyl (C=O) groups is 1. The Hall–Kier alpha value is -2.49. The third kappa shape index (κ3) is 9.11. The summed E-state index contributed by atoms with van der Waals surface area (Å²) in [4.78, 5) is 18.9. The number of likely N-dealkylation sites (N-methyl/N-ethyl adjacent to an activating group) is 1. The number of guanidine groups is 1. The molecule has 0 fully saturated rings. The first-order valence-electron chi connectivity index (χ1n) is 10.7. The molecule has 0 spiro atoms. The number of halogens is 1. The Kier molecular flexibility index (Phi) is 11.5. The number of nitrogens with one attached hydrogen (secondary N) is 2. The fraction of sp³-hybridized carbons (Fsp3) is 0.440. The highest BCUT2D eigenvalue weighted by molar-refractivity contribution is 14.0. The number of carbonyl (C=O) groups excluding carboxylic acids is 1. The molecule has 1 amide bonds. The Morgan fingerprint density at radius 1 is 1.03 bits per heavy atom. The van der Waals surface area contributed by atoms with Crippen LogP contribution in [0.25, 0.3) is 0 Å². The predicted octanol–water partition coefficient (Wildman–Crippen LogP) is 4.10. The van der Waals surface area contributed by atoms with Crippen molar-refractivity contribution in [1.29, 1.82) is 0 Å². The number of benzene rings is 2. The van der Waals surface area contributed by atoms with Gasteiger partial charge < -0.3 is 25.0 Å². The minimum Gasteiger partial charge on any atom is -0.493 e. The molecule has 2 N–H and O–H groups in total. The average molecular weight is 569 g/mol. The van der Waals surface area contributed by atoms with E-state index in [-0.39, 0.29) is 35.4 Å². The summed E-state index contributed by atoms with van der Waals surface area (Å²) in [5.74, 6) is 2.16. The zero-order chi connectivity index (χ0) is 23.7. The van der Waals surface area contributed by atoms with E-state index in [4.69, 9.17) is 9.47 Å². The Bertz CT molecular complexity index is 941. The monoisotopic (exact) mass is 568 g/mol. The van der Waals surface area contributed by atoms with E-state index in [1.165, 1.54) is 0 Å². The van der Waals surface area contributed by atoms with Crippen molar-refractivity contribution < 1.29 is 14.3 Å². The lowest BCUT2D eigenvalue weighted by atomic mass is 10.1. The largest absolute Gasteiger partial charge is 0.493 e. The molecule has 182 valence electrons. The summed E-state index contributed by atoms with van der Waals surface area (Å²) in [7, 11) is 7.04. The van der Waals surface area contributed by atoms with Gasteiger partial charge in [0.1, 0.15) is 0 Å². The lowest BCUT2D eigenvalue weighted by molar-refractivity contribution is 0.0919. The molecule has 2 rings (SSSR count). The molecule has 2 aromatic carbocycles. The minimum atomic E-state index is -0.274. The van der Waals surface area contributed by atoms with E-state index in [1.807, 2.05) is 70.3 Å². The van der Waals surface area contributed by atoms with Crippen LogP contribution in [0, 0.1) is 0 Å². The highest BCUT2D eigenvalue weighted by Gasteiger charge is 2.15. The molecule has 0 radical (unpaired) electrons. The van der Waals surface area contributed by atoms with Gasteiger partial charge in [-0.25, -0.2) is 0 Å². The second-order valence-electron chi connectivity index (χ2n) is 8.67. The molecule has 0 saturated carbocycles. The SMILES string of the molecule is CN=C(NCc1cccc(C(=O)NC(C)(C)C)c1)N(C)CCc1ccc(OC)c(OC)c1.I. The number of rotatable bonds is 8. The van der Waals surface area contributed by atoms with Gasteiger partial charge in [0.05, 0.1) is 14.2 Å². The Morgan fingerprint density at radius 3 is 2.33 bits per heavy atom. The summed E-state index contributed by atoms with van der Waals surface area (Å²) in [5.41, 5.74) is 2.55. The van der Waals surface area contributed by atoms with E-state index >= 15 is 0 Å². The predicted molar refractivity (Wildman–Crippen MR) is 145 cm³/mol. The smallest absolute Gasteiger partial charge is 0.251 e. The topological polar surface area (TPSA) is 75.2 Å². The standard InChI is InChI=1S/C25H36N4O3.HI/c1-25(2,3)28-23(30)20-10-8-9-19(15-20)17-27-24(26-4)29(5)14-13-18-11-12-21(31-6)22(16-18)32-7;/h8-12,15-16H,13-14,17H2,1-7H3,(H,26,27)(H,28,30);1H. The Labute approximate surface area is 215 Å². The van der Waals surface area contributed by atoms with Gasteiger partial charge in [0.25, 0.3) is 5.91 Å². The van der Waals surface area contributed by atoms with Crippen molar-refractivity contribution in [3.63, 3.8) is 0 Å². The summed E-state index contributed by atoms with van der Waals surface area (Å²) < 4.78 is 10.7. The van der Waals surface area contributed by atoms with Crippen LogP contribution in [0.4, 0.5) is 0 Å². The lowest BCUT2D eigenvalue weighted by Crippen LogP contribution is -2.40. The van der Waals surface area contributed by atoms with E-state index in [0.29, 0.717) is 12.1 Å². The van der Waals surface area contributed by atoms with Crippen LogP contribution in [0.1, 0.15) is 42.3 Å². The fourth-order valence-corrected chi connectivity index (χ4v) is 3.24. The number of nitrogens with zero attached hydrogens (tertiary/aromatic N) is 2. The third-order valence-electron chi connectivity index (χ3n) is 4.89. The summed E-state index contributed by atoms with van der Waals surface area (Å²) in [5, 5.41) is 6.37. The second kappa shape index (κ2) is 13.3. The van der Waals surface area contributed by atoms with Gasteiger partial charge >= 0.3 is 0 Å². The number of ether oxygens (including phenoxy) is 2. The highest BCUT2D eigenvalue weighted by Crippen LogP contribution is 2.27. The number of hydrogen-bond acceptors (Lipinski definition) is 4. The first-order valence-corrected chi connectivity index (χ1v) is 10.7. The van der Waals surface area contributed by atoms with Crippen LogP contribution >= 0.6 is 24.0 Å². The van der Waals surface area contributed by atoms with Crippen molar-refractivity contribution in [3.05, 3.63) is 59.2 Å². The van der Waals surface area contributed by atoms with E-state index in [2.05, 4.69) is 20.5 Å². The van der Waals surface area contributed by atoms with Gasteiger partial charge in [-0.2, -0.15) is 0 Å². The molecule has 2 aromatic rings. The van der Waals surface area contributed by atoms with Crippen LogP contribution in [0.5, 0.6) is 11.5 Å². The second-order valence-corrected chi connectivity index (χ2v) is 8.67. The van der Waals surface area contributed by atoms with Crippen molar-refractivity contribution in [2.45, 2.75) is 39.3 Å². The number of hydrogen-bond donors (Lipinski definition) is 2. The van der Waals surface area contributed by atoms with Crippen LogP contribution in [0.3, 0.4) is 0 Å². The minimum absolute atomic E-state index is 0. The molecular weight excluding hydrogens is 531 g/mol. The van der Waals surface area contributed by atoms with Gasteiger partial charge in [0, 0.05) is 38.3 Å². The maximum atomic E-state index is 12.4. The number of amides is 1. The molecule has 0 aromatic heterocycles. The Morgan fingerprint density at radius 2 is 1.73 bits per heavy atom. The summed E-state index contributed by atoms with van der Waals surface area (Å²) in [6.45, 7) is 7.27. The molecule has 8 heteroatoms. The Balaban J connectivity index is 0.00000544. The quantitative estimate of drug-likeness (QED) is 0.285. The average Bonchev–Trinajstić information content (AvgIpc) is 2.76. The molecule has 0 aliphatic rings. The lowest BCUT2D eigenvalue weighted by Gasteiger charge is -2.23. The van der Waals surface area contributed by atoms with E-state index in [1.54, 1.807) is 21.3 Å². The van der Waals surface area contributed by atoms with Gasteiger partial charge in [-0.3, -0.25) is 9.79 Å². The number of methoxy groups -OCH3 is 2. The van der Waals surface area contributed by atoms with E-state index in [0.717, 1.165) is 41.6 Å². The van der Waals surface area contributed by atoms with Crippen molar-refractivity contribution >= 4 is 35.8 Å². The molecule has 33 heavy (non-hydrogen) atoms. The first-order chi connectivity index (χ1) is 15.2. The molecule has 0 aliphatic heterocycles. The zero-order valence-corrected chi connectivity index (χ0v) is 23.0. The maximum absolute atomic E-state index is 12.4. The van der Waals surface area contributed by atoms with Gasteiger partial charge in [0.2, 0.25) is 0 Å². The van der Waals surface area contributed by atoms with Crippen molar-refractivity contribution in [2.75, 3.05) is 34.9 Å². The van der Waals surface area contributed by atoms with Crippen LogP contribution in [0.15, 0.2) is 47.5 Å². The highest BCUT2D eigenvalue weighted by atomic mass is 127. The van der Waals surface area contributed by atoms with Crippen LogP contribution in [-0.4, -0.2) is 57.2 Å². The van der Waals surface area contributed by atoms with Crippen LogP contribution in [-0.2, 0) is 13.0 Å². The normalized spacial score (nSPS) is 11.3. The zero-order valence-electron chi connectivity index (χ0n) is 20.7. The maximum Gasteiger partial charge on any atom is 0.251 e. The van der Waals surface area contributed by atoms with Gasteiger partial charge in [0.15, 0.2) is 17.5 Å². The molecule has 7 nitrogen and oxygen atoms in total. The summed E-state index contributed by atoms with van der Waals surface area (Å²) in [6, 6.07) is 13.6. The third-order valence-corrected chi connectivity index (χ3v) is 4.89. The fourth-order valence-electron chi connectivity index (χ4n) is 3.24. The van der Waals surface area contributed by atoms with Crippen LogP contribution < -0.4 is 20.1 Å². The molecule has 0 heterocycles. The molecule has 0 saturated heterocycles. The molecule has 0 unspecified atom stereocenters. The van der Waals surface area contributed by atoms with Gasteiger partial charge in [-0.05, 0) is 62.6 Å². The first kappa shape index (κ1) is 28.5. The van der Waals surface area contributed by atoms with Gasteiger partial charge in [-0.15, -0.1) is 24.0 Å². The van der Waals surface area contributed by atoms with E-state index in [9.17, 15) is 4.79 Å². The van der Waals surface area contributed by atoms with Crippen LogP contribution in [0.2, 0.25) is 0 Å². The molecule has 0 bridgehead atoms. The van der Waals surface area contributed by atoms with Crippen molar-refractivity contribution in [1.82, 2.24) is 15.5 Å². The van der Waals surface area contributed by atoms with Gasteiger partial charge in [-0.1, -0.05) is 18.2 Å². The summed E-state index contributed by atoms with van der Waals surface area (Å²) in [6.07, 6.45) is 0.833. The summed E-state index contributed by atoms with van der Waals surface area (Å²) >= 11 is 0. The molecule has 0 atom stereocenters. The van der Waals surface area contributed by atoms with Crippen molar-refractivity contribution in [3.8, 4) is 11.5 Å². The van der Waals surface area contributed by atoms with E-state index < -0.39 is 0 Å². The number of aliphatic imine (C=N–C) groups is 1. The molecular formula is C25H37IN4O3.